The van der Waals surface area contributed by atoms with E-state index >= 15 is 0 Å². The van der Waals surface area contributed by atoms with E-state index in [0.717, 1.165) is 43.5 Å². The van der Waals surface area contributed by atoms with Gasteiger partial charge in [0.15, 0.2) is 0 Å². The highest BCUT2D eigenvalue weighted by Gasteiger charge is 2.22. The van der Waals surface area contributed by atoms with Gasteiger partial charge in [-0.1, -0.05) is 12.1 Å². The fraction of sp³-hybridized carbons (Fsp3) is 0.421. The summed E-state index contributed by atoms with van der Waals surface area (Å²) in [5.41, 5.74) is 5.06. The highest BCUT2D eigenvalue weighted by Crippen LogP contribution is 2.25. The molecule has 4 rings (SSSR count). The molecular weight excluding hydrogens is 312 g/mol. The number of fused-ring (bicyclic) bond motifs is 1. The lowest BCUT2D eigenvalue weighted by Gasteiger charge is -2.38. The van der Waals surface area contributed by atoms with Crippen LogP contribution in [-0.2, 0) is 0 Å². The maximum absolute atomic E-state index is 4.52. The molecule has 3 aromatic rings. The summed E-state index contributed by atoms with van der Waals surface area (Å²) in [5, 5.41) is 4.52. The van der Waals surface area contributed by atoms with Gasteiger partial charge in [-0.15, -0.1) is 5.10 Å². The molecule has 0 amide bonds. The quantitative estimate of drug-likeness (QED) is 0.720. The van der Waals surface area contributed by atoms with Gasteiger partial charge in [0, 0.05) is 43.6 Å². The highest BCUT2D eigenvalue weighted by atomic mass is 15.4. The number of benzene rings is 1. The number of rotatable bonds is 2. The van der Waals surface area contributed by atoms with Crippen molar-refractivity contribution in [2.45, 2.75) is 27.7 Å². The lowest BCUT2D eigenvalue weighted by Crippen LogP contribution is -2.47. The van der Waals surface area contributed by atoms with Gasteiger partial charge in [-0.25, -0.2) is 4.98 Å². The van der Waals surface area contributed by atoms with Crippen LogP contribution in [0.3, 0.4) is 0 Å². The largest absolute Gasteiger partial charge is 0.368 e. The first-order chi connectivity index (χ1) is 12.0. The minimum Gasteiger partial charge on any atom is -0.368 e. The third-order valence-corrected chi connectivity index (χ3v) is 5.05. The van der Waals surface area contributed by atoms with Crippen molar-refractivity contribution < 1.29 is 0 Å². The number of aromatic nitrogens is 4. The highest BCUT2D eigenvalue weighted by molar-refractivity contribution is 5.57. The van der Waals surface area contributed by atoms with E-state index in [0.29, 0.717) is 5.78 Å². The van der Waals surface area contributed by atoms with E-state index in [2.05, 4.69) is 63.0 Å². The maximum Gasteiger partial charge on any atom is 0.254 e. The van der Waals surface area contributed by atoms with Gasteiger partial charge in [-0.05, 0) is 44.9 Å². The molecule has 2 aromatic heterocycles. The molecule has 0 N–H and O–H groups in total. The van der Waals surface area contributed by atoms with Crippen molar-refractivity contribution in [2.24, 2.45) is 0 Å². The Morgan fingerprint density at radius 3 is 2.36 bits per heavy atom. The van der Waals surface area contributed by atoms with Crippen molar-refractivity contribution in [3.8, 4) is 0 Å². The Morgan fingerprint density at radius 2 is 1.60 bits per heavy atom. The Morgan fingerprint density at radius 1 is 0.880 bits per heavy atom. The van der Waals surface area contributed by atoms with Crippen molar-refractivity contribution in [3.63, 3.8) is 0 Å². The van der Waals surface area contributed by atoms with Gasteiger partial charge in [0.2, 0.25) is 0 Å². The third kappa shape index (κ3) is 2.81. The Balaban J connectivity index is 1.59. The van der Waals surface area contributed by atoms with Crippen LogP contribution < -0.4 is 9.80 Å². The molecular formula is C19H24N6. The molecule has 1 aliphatic heterocycles. The van der Waals surface area contributed by atoms with Crippen LogP contribution >= 0.6 is 0 Å². The average molecular weight is 336 g/mol. The molecule has 0 radical (unpaired) electrons. The second kappa shape index (κ2) is 6.02. The van der Waals surface area contributed by atoms with Crippen LogP contribution in [0.25, 0.3) is 5.78 Å². The SMILES string of the molecule is Cc1cc(N2CCN(c3cccc(C)c3C)CC2)n2nc(C)nc2n1. The molecule has 0 saturated carbocycles. The zero-order chi connectivity index (χ0) is 17.6. The summed E-state index contributed by atoms with van der Waals surface area (Å²) in [6, 6.07) is 8.67. The van der Waals surface area contributed by atoms with Crippen LogP contribution in [0, 0.1) is 27.7 Å². The molecule has 6 heteroatoms. The number of anilines is 2. The van der Waals surface area contributed by atoms with E-state index in [4.69, 9.17) is 0 Å². The van der Waals surface area contributed by atoms with Crippen LogP contribution in [0.1, 0.15) is 22.6 Å². The van der Waals surface area contributed by atoms with E-state index < -0.39 is 0 Å². The molecule has 25 heavy (non-hydrogen) atoms. The fourth-order valence-corrected chi connectivity index (χ4v) is 3.55. The molecule has 1 aromatic carbocycles. The van der Waals surface area contributed by atoms with E-state index in [-0.39, 0.29) is 0 Å². The first-order valence-electron chi connectivity index (χ1n) is 8.80. The predicted octanol–water partition coefficient (Wildman–Crippen LogP) is 2.68. The minimum absolute atomic E-state index is 0.685. The normalized spacial score (nSPS) is 15.2. The number of piperazine rings is 1. The monoisotopic (exact) mass is 336 g/mol. The van der Waals surface area contributed by atoms with Crippen molar-refractivity contribution >= 4 is 17.3 Å². The van der Waals surface area contributed by atoms with E-state index in [1.165, 1.54) is 16.8 Å². The second-order valence-electron chi connectivity index (χ2n) is 6.82. The Hall–Kier alpha value is -2.63. The molecule has 6 nitrogen and oxygen atoms in total. The first kappa shape index (κ1) is 15.9. The summed E-state index contributed by atoms with van der Waals surface area (Å²) in [6.07, 6.45) is 0. The van der Waals surface area contributed by atoms with Crippen LogP contribution in [-0.4, -0.2) is 45.8 Å². The molecule has 0 bridgehead atoms. The van der Waals surface area contributed by atoms with Crippen molar-refractivity contribution in [1.29, 1.82) is 0 Å². The van der Waals surface area contributed by atoms with Gasteiger partial charge in [0.05, 0.1) is 0 Å². The van der Waals surface area contributed by atoms with E-state index in [1.807, 2.05) is 18.4 Å². The molecule has 0 aliphatic carbocycles. The summed E-state index contributed by atoms with van der Waals surface area (Å²) in [7, 11) is 0. The topological polar surface area (TPSA) is 49.6 Å². The van der Waals surface area contributed by atoms with E-state index in [9.17, 15) is 0 Å². The smallest absolute Gasteiger partial charge is 0.254 e. The zero-order valence-corrected chi connectivity index (χ0v) is 15.3. The maximum atomic E-state index is 4.52. The standard InChI is InChI=1S/C19H24N6/c1-13-6-5-7-17(15(13)3)23-8-10-24(11-9-23)18-12-14(2)20-19-21-16(4)22-25(18)19/h5-7,12H,8-11H2,1-4H3. The minimum atomic E-state index is 0.685. The van der Waals surface area contributed by atoms with Gasteiger partial charge in [-0.2, -0.15) is 9.50 Å². The van der Waals surface area contributed by atoms with Gasteiger partial charge in [-0.3, -0.25) is 0 Å². The number of nitrogens with zero attached hydrogens (tertiary/aromatic N) is 6. The van der Waals surface area contributed by atoms with Crippen molar-refractivity contribution in [2.75, 3.05) is 36.0 Å². The van der Waals surface area contributed by atoms with Gasteiger partial charge in [0.25, 0.3) is 5.78 Å². The molecule has 0 spiro atoms. The summed E-state index contributed by atoms with van der Waals surface area (Å²) < 4.78 is 1.87. The molecule has 1 saturated heterocycles. The third-order valence-electron chi connectivity index (χ3n) is 5.05. The summed E-state index contributed by atoms with van der Waals surface area (Å²) >= 11 is 0. The molecule has 0 unspecified atom stereocenters. The van der Waals surface area contributed by atoms with Crippen LogP contribution in [0.15, 0.2) is 24.3 Å². The van der Waals surface area contributed by atoms with Crippen LogP contribution in [0.5, 0.6) is 0 Å². The Bertz CT molecular complexity index is 921. The predicted molar refractivity (Wildman–Crippen MR) is 101 cm³/mol. The van der Waals surface area contributed by atoms with Crippen LogP contribution in [0.2, 0.25) is 0 Å². The second-order valence-corrected chi connectivity index (χ2v) is 6.82. The molecule has 1 fully saturated rings. The number of aryl methyl sites for hydroxylation is 3. The number of hydrogen-bond donors (Lipinski definition) is 0. The summed E-state index contributed by atoms with van der Waals surface area (Å²) in [6.45, 7) is 12.2. The van der Waals surface area contributed by atoms with Gasteiger partial charge >= 0.3 is 0 Å². The first-order valence-corrected chi connectivity index (χ1v) is 8.80. The summed E-state index contributed by atoms with van der Waals surface area (Å²) in [4.78, 5) is 13.8. The lowest BCUT2D eigenvalue weighted by molar-refractivity contribution is 0.636. The van der Waals surface area contributed by atoms with E-state index in [1.54, 1.807) is 0 Å². The molecule has 1 aliphatic rings. The molecule has 130 valence electrons. The molecule has 0 atom stereocenters. The van der Waals surface area contributed by atoms with Crippen molar-refractivity contribution in [1.82, 2.24) is 19.6 Å². The summed E-state index contributed by atoms with van der Waals surface area (Å²) in [5.74, 6) is 2.53. The van der Waals surface area contributed by atoms with Crippen LogP contribution in [0.4, 0.5) is 11.5 Å². The Kier molecular flexibility index (Phi) is 3.82. The van der Waals surface area contributed by atoms with Gasteiger partial charge < -0.3 is 9.80 Å². The fourth-order valence-electron chi connectivity index (χ4n) is 3.55. The van der Waals surface area contributed by atoms with Gasteiger partial charge in [0.1, 0.15) is 11.6 Å². The Labute approximate surface area is 148 Å². The molecule has 3 heterocycles. The zero-order valence-electron chi connectivity index (χ0n) is 15.3. The lowest BCUT2D eigenvalue weighted by atomic mass is 10.1. The van der Waals surface area contributed by atoms with Crippen molar-refractivity contribution in [3.05, 3.63) is 46.9 Å². The number of hydrogen-bond acceptors (Lipinski definition) is 5. The average Bonchev–Trinajstić information content (AvgIpc) is 2.97.